The van der Waals surface area contributed by atoms with Crippen LogP contribution in [0.1, 0.15) is 118 Å². The quantitative estimate of drug-likeness (QED) is 0.222. The van der Waals surface area contributed by atoms with Gasteiger partial charge in [-0.25, -0.2) is 0 Å². The molecule has 132 valence electrons. The SMILES string of the molecule is C=CCCCCCCCCCC.CCCCC=C(CC)CC. The normalized spacial score (nSPS) is 9.82. The van der Waals surface area contributed by atoms with E-state index in [2.05, 4.69) is 40.3 Å². The number of rotatable bonds is 14. The largest absolute Gasteiger partial charge is 0.103 e. The van der Waals surface area contributed by atoms with Crippen molar-refractivity contribution in [3.05, 3.63) is 24.3 Å². The summed E-state index contributed by atoms with van der Waals surface area (Å²) in [5, 5.41) is 0. The van der Waals surface area contributed by atoms with Crippen LogP contribution in [0.3, 0.4) is 0 Å². The molecule has 0 aliphatic rings. The Kier molecular flexibility index (Phi) is 24.6. The second-order valence-corrected chi connectivity index (χ2v) is 6.26. The molecule has 0 heteroatoms. The van der Waals surface area contributed by atoms with Crippen LogP contribution >= 0.6 is 0 Å². The van der Waals surface area contributed by atoms with E-state index in [1.54, 1.807) is 5.57 Å². The third kappa shape index (κ3) is 21.8. The summed E-state index contributed by atoms with van der Waals surface area (Å²) in [7, 11) is 0. The van der Waals surface area contributed by atoms with Crippen LogP contribution in [0.15, 0.2) is 24.3 Å². The first-order valence-corrected chi connectivity index (χ1v) is 10.0. The molecular formula is C22H44. The number of allylic oxidation sites excluding steroid dienone is 3. The predicted molar refractivity (Wildman–Crippen MR) is 106 cm³/mol. The van der Waals surface area contributed by atoms with Gasteiger partial charge >= 0.3 is 0 Å². The maximum atomic E-state index is 3.72. The molecule has 0 amide bonds. The zero-order valence-corrected chi connectivity index (χ0v) is 16.3. The third-order valence-electron chi connectivity index (χ3n) is 4.16. The second-order valence-electron chi connectivity index (χ2n) is 6.26. The van der Waals surface area contributed by atoms with Crippen LogP contribution in [0.5, 0.6) is 0 Å². The molecule has 0 aromatic rings. The topological polar surface area (TPSA) is 0 Å². The standard InChI is InChI=1S/C12H24.C10H20/c1-3-5-7-9-11-12-10-8-6-4-2;1-4-7-8-9-10(5-2)6-3/h3H,1,4-12H2,2H3;9H,4-8H2,1-3H3. The molecule has 0 aromatic carbocycles. The summed E-state index contributed by atoms with van der Waals surface area (Å²) in [6.45, 7) is 12.7. The van der Waals surface area contributed by atoms with Gasteiger partial charge in [0.2, 0.25) is 0 Å². The van der Waals surface area contributed by atoms with E-state index in [9.17, 15) is 0 Å². The van der Waals surface area contributed by atoms with Crippen LogP contribution in [0.25, 0.3) is 0 Å². The predicted octanol–water partition coefficient (Wildman–Crippen LogP) is 8.63. The van der Waals surface area contributed by atoms with E-state index in [4.69, 9.17) is 0 Å². The average Bonchev–Trinajstić information content (AvgIpc) is 2.55. The van der Waals surface area contributed by atoms with Gasteiger partial charge in [-0.3, -0.25) is 0 Å². The molecular weight excluding hydrogens is 264 g/mol. The van der Waals surface area contributed by atoms with Gasteiger partial charge < -0.3 is 0 Å². The fourth-order valence-corrected chi connectivity index (χ4v) is 2.47. The van der Waals surface area contributed by atoms with Crippen molar-refractivity contribution >= 4 is 0 Å². The molecule has 0 saturated heterocycles. The third-order valence-corrected chi connectivity index (χ3v) is 4.16. The minimum absolute atomic E-state index is 1.20. The summed E-state index contributed by atoms with van der Waals surface area (Å²) in [5.74, 6) is 0. The van der Waals surface area contributed by atoms with Gasteiger partial charge in [-0.05, 0) is 32.1 Å². The van der Waals surface area contributed by atoms with Crippen molar-refractivity contribution in [2.45, 2.75) is 118 Å². The average molecular weight is 309 g/mol. The van der Waals surface area contributed by atoms with Crippen LogP contribution in [0, 0.1) is 0 Å². The fraction of sp³-hybridized carbons (Fsp3) is 0.818. The van der Waals surface area contributed by atoms with E-state index in [0.717, 1.165) is 0 Å². The molecule has 0 N–H and O–H groups in total. The molecule has 0 nitrogen and oxygen atoms in total. The Balaban J connectivity index is 0. The zero-order valence-electron chi connectivity index (χ0n) is 16.3. The fourth-order valence-electron chi connectivity index (χ4n) is 2.47. The summed E-state index contributed by atoms with van der Waals surface area (Å²) < 4.78 is 0. The Labute approximate surface area is 142 Å². The van der Waals surface area contributed by atoms with Gasteiger partial charge in [0.1, 0.15) is 0 Å². The molecule has 0 rings (SSSR count). The van der Waals surface area contributed by atoms with E-state index < -0.39 is 0 Å². The molecule has 0 atom stereocenters. The zero-order chi connectivity index (χ0) is 16.9. The molecule has 0 aliphatic carbocycles. The molecule has 0 aromatic heterocycles. The first kappa shape index (κ1) is 23.7. The van der Waals surface area contributed by atoms with Crippen LogP contribution in [-0.2, 0) is 0 Å². The molecule has 0 spiro atoms. The molecule has 22 heavy (non-hydrogen) atoms. The number of hydrogen-bond acceptors (Lipinski definition) is 0. The van der Waals surface area contributed by atoms with Crippen molar-refractivity contribution in [2.75, 3.05) is 0 Å². The highest BCUT2D eigenvalue weighted by Gasteiger charge is 1.89. The van der Waals surface area contributed by atoms with Gasteiger partial charge in [-0.2, -0.15) is 0 Å². The van der Waals surface area contributed by atoms with E-state index in [0.29, 0.717) is 0 Å². The summed E-state index contributed by atoms with van der Waals surface area (Å²) in [6, 6.07) is 0. The van der Waals surface area contributed by atoms with Crippen LogP contribution in [0.2, 0.25) is 0 Å². The maximum absolute atomic E-state index is 3.72. The van der Waals surface area contributed by atoms with E-state index >= 15 is 0 Å². The number of unbranched alkanes of at least 4 members (excludes halogenated alkanes) is 10. The van der Waals surface area contributed by atoms with Crippen LogP contribution < -0.4 is 0 Å². The highest BCUT2D eigenvalue weighted by Crippen LogP contribution is 2.09. The first-order chi connectivity index (χ1) is 10.8. The minimum Gasteiger partial charge on any atom is -0.103 e. The van der Waals surface area contributed by atoms with Crippen molar-refractivity contribution < 1.29 is 0 Å². The monoisotopic (exact) mass is 308 g/mol. The molecule has 0 heterocycles. The van der Waals surface area contributed by atoms with Gasteiger partial charge in [0, 0.05) is 0 Å². The Morgan fingerprint density at radius 1 is 0.636 bits per heavy atom. The molecule has 0 fully saturated rings. The maximum Gasteiger partial charge on any atom is -0.0348 e. The number of hydrogen-bond donors (Lipinski definition) is 0. The Morgan fingerprint density at radius 2 is 1.14 bits per heavy atom. The van der Waals surface area contributed by atoms with E-state index in [1.165, 1.54) is 89.9 Å². The van der Waals surface area contributed by atoms with Crippen LogP contribution in [0.4, 0.5) is 0 Å². The van der Waals surface area contributed by atoms with E-state index in [1.807, 2.05) is 6.08 Å². The van der Waals surface area contributed by atoms with Gasteiger partial charge in [0.25, 0.3) is 0 Å². The van der Waals surface area contributed by atoms with Crippen molar-refractivity contribution in [3.63, 3.8) is 0 Å². The highest BCUT2D eigenvalue weighted by atomic mass is 14.0. The van der Waals surface area contributed by atoms with Crippen molar-refractivity contribution in [1.82, 2.24) is 0 Å². The Morgan fingerprint density at radius 3 is 1.59 bits per heavy atom. The van der Waals surface area contributed by atoms with Gasteiger partial charge in [0.15, 0.2) is 0 Å². The Bertz CT molecular complexity index is 218. The lowest BCUT2D eigenvalue weighted by Gasteiger charge is -1.99. The van der Waals surface area contributed by atoms with Crippen molar-refractivity contribution in [2.24, 2.45) is 0 Å². The molecule has 0 unspecified atom stereocenters. The Hall–Kier alpha value is -0.520. The van der Waals surface area contributed by atoms with E-state index in [-0.39, 0.29) is 0 Å². The van der Waals surface area contributed by atoms with Crippen LogP contribution in [-0.4, -0.2) is 0 Å². The molecule has 0 aliphatic heterocycles. The first-order valence-electron chi connectivity index (χ1n) is 10.0. The molecule has 0 radical (unpaired) electrons. The van der Waals surface area contributed by atoms with Crippen molar-refractivity contribution in [3.8, 4) is 0 Å². The summed E-state index contributed by atoms with van der Waals surface area (Å²) in [6.07, 6.45) is 23.3. The lowest BCUT2D eigenvalue weighted by atomic mass is 10.1. The lowest BCUT2D eigenvalue weighted by Crippen LogP contribution is -1.79. The molecule has 0 bridgehead atoms. The molecule has 0 saturated carbocycles. The minimum atomic E-state index is 1.20. The summed E-state index contributed by atoms with van der Waals surface area (Å²) >= 11 is 0. The summed E-state index contributed by atoms with van der Waals surface area (Å²) in [5.41, 5.74) is 1.62. The van der Waals surface area contributed by atoms with Crippen molar-refractivity contribution in [1.29, 1.82) is 0 Å². The van der Waals surface area contributed by atoms with Gasteiger partial charge in [0.05, 0.1) is 0 Å². The van der Waals surface area contributed by atoms with Gasteiger partial charge in [-0.1, -0.05) is 103 Å². The summed E-state index contributed by atoms with van der Waals surface area (Å²) in [4.78, 5) is 0. The van der Waals surface area contributed by atoms with Gasteiger partial charge in [-0.15, -0.1) is 6.58 Å². The lowest BCUT2D eigenvalue weighted by molar-refractivity contribution is 0.578. The smallest absolute Gasteiger partial charge is 0.0348 e. The second kappa shape index (κ2) is 22.8. The highest BCUT2D eigenvalue weighted by molar-refractivity contribution is 4.99.